The molecule has 0 bridgehead atoms. The van der Waals surface area contributed by atoms with E-state index in [2.05, 4.69) is 19.2 Å². The normalized spacial score (nSPS) is 25.3. The minimum absolute atomic E-state index is 0.00891. The second-order valence-corrected chi connectivity index (χ2v) is 4.83. The molecular formula is C11H22N2O2. The van der Waals surface area contributed by atoms with Crippen LogP contribution in [0.5, 0.6) is 0 Å². The Morgan fingerprint density at radius 1 is 1.67 bits per heavy atom. The van der Waals surface area contributed by atoms with Gasteiger partial charge in [0.1, 0.15) is 0 Å². The summed E-state index contributed by atoms with van der Waals surface area (Å²) in [6.45, 7) is 7.83. The Hall–Kier alpha value is -0.610. The van der Waals surface area contributed by atoms with Crippen molar-refractivity contribution < 1.29 is 9.53 Å². The van der Waals surface area contributed by atoms with Gasteiger partial charge in [-0.05, 0) is 19.3 Å². The van der Waals surface area contributed by atoms with Crippen molar-refractivity contribution in [1.29, 1.82) is 0 Å². The SMILES string of the molecule is CC(C)C(C)(CN)NC(=O)C1CCOC1. The number of nitrogens with one attached hydrogen (secondary N) is 1. The molecule has 1 heterocycles. The number of amides is 1. The average Bonchev–Trinajstić information content (AvgIpc) is 2.70. The highest BCUT2D eigenvalue weighted by Gasteiger charge is 2.32. The number of hydrogen-bond donors (Lipinski definition) is 2. The standard InChI is InChI=1S/C11H22N2O2/c1-8(2)11(3,7-12)13-10(14)9-4-5-15-6-9/h8-9H,4-7,12H2,1-3H3,(H,13,14). The molecule has 1 fully saturated rings. The van der Waals surface area contributed by atoms with Crippen molar-refractivity contribution in [1.82, 2.24) is 5.32 Å². The lowest BCUT2D eigenvalue weighted by atomic mass is 9.88. The minimum atomic E-state index is -0.306. The first-order valence-electron chi connectivity index (χ1n) is 5.59. The topological polar surface area (TPSA) is 64.3 Å². The molecule has 0 aromatic rings. The van der Waals surface area contributed by atoms with Crippen LogP contribution in [0.2, 0.25) is 0 Å². The van der Waals surface area contributed by atoms with E-state index in [4.69, 9.17) is 10.5 Å². The van der Waals surface area contributed by atoms with E-state index in [-0.39, 0.29) is 17.4 Å². The van der Waals surface area contributed by atoms with Crippen LogP contribution in [0.25, 0.3) is 0 Å². The number of hydrogen-bond acceptors (Lipinski definition) is 3. The second kappa shape index (κ2) is 4.94. The van der Waals surface area contributed by atoms with Gasteiger partial charge in [-0.25, -0.2) is 0 Å². The number of carbonyl (C=O) groups is 1. The Balaban J connectivity index is 2.54. The Bertz CT molecular complexity index is 225. The van der Waals surface area contributed by atoms with Crippen molar-refractivity contribution in [3.05, 3.63) is 0 Å². The molecule has 1 aliphatic heterocycles. The summed E-state index contributed by atoms with van der Waals surface area (Å²) in [5.41, 5.74) is 5.40. The van der Waals surface area contributed by atoms with Gasteiger partial charge in [-0.15, -0.1) is 0 Å². The average molecular weight is 214 g/mol. The molecule has 4 nitrogen and oxygen atoms in total. The molecule has 2 atom stereocenters. The van der Waals surface area contributed by atoms with Crippen molar-refractivity contribution in [2.75, 3.05) is 19.8 Å². The zero-order chi connectivity index (χ0) is 11.5. The third-order valence-corrected chi connectivity index (χ3v) is 3.41. The molecule has 2 unspecified atom stereocenters. The summed E-state index contributed by atoms with van der Waals surface area (Å²) in [6.07, 6.45) is 0.824. The van der Waals surface area contributed by atoms with Gasteiger partial charge in [-0.2, -0.15) is 0 Å². The van der Waals surface area contributed by atoms with E-state index in [9.17, 15) is 4.79 Å². The highest BCUT2D eigenvalue weighted by molar-refractivity contribution is 5.79. The fourth-order valence-corrected chi connectivity index (χ4v) is 1.56. The molecule has 0 aromatic carbocycles. The van der Waals surface area contributed by atoms with Crippen molar-refractivity contribution in [2.45, 2.75) is 32.7 Å². The highest BCUT2D eigenvalue weighted by Crippen LogP contribution is 2.18. The van der Waals surface area contributed by atoms with Crippen LogP contribution in [0.15, 0.2) is 0 Å². The van der Waals surface area contributed by atoms with Crippen molar-refractivity contribution in [2.24, 2.45) is 17.6 Å². The Kier molecular flexibility index (Phi) is 4.11. The monoisotopic (exact) mass is 214 g/mol. The predicted octanol–water partition coefficient (Wildman–Crippen LogP) is 0.513. The van der Waals surface area contributed by atoms with E-state index in [0.717, 1.165) is 6.42 Å². The zero-order valence-electron chi connectivity index (χ0n) is 9.88. The van der Waals surface area contributed by atoms with E-state index in [1.165, 1.54) is 0 Å². The van der Waals surface area contributed by atoms with E-state index in [1.54, 1.807) is 0 Å². The van der Waals surface area contributed by atoms with Gasteiger partial charge in [-0.1, -0.05) is 13.8 Å². The smallest absolute Gasteiger partial charge is 0.226 e. The minimum Gasteiger partial charge on any atom is -0.381 e. The van der Waals surface area contributed by atoms with Crippen molar-refractivity contribution >= 4 is 5.91 Å². The summed E-state index contributed by atoms with van der Waals surface area (Å²) >= 11 is 0. The molecule has 0 radical (unpaired) electrons. The lowest BCUT2D eigenvalue weighted by molar-refractivity contribution is -0.127. The number of rotatable bonds is 4. The summed E-state index contributed by atoms with van der Waals surface area (Å²) in [4.78, 5) is 11.9. The van der Waals surface area contributed by atoms with Crippen molar-refractivity contribution in [3.8, 4) is 0 Å². The van der Waals surface area contributed by atoms with Crippen LogP contribution in [0.3, 0.4) is 0 Å². The van der Waals surface area contributed by atoms with Crippen LogP contribution in [0.4, 0.5) is 0 Å². The molecule has 0 aromatic heterocycles. The summed E-state index contributed by atoms with van der Waals surface area (Å²) in [6, 6.07) is 0. The predicted molar refractivity (Wildman–Crippen MR) is 59.4 cm³/mol. The van der Waals surface area contributed by atoms with Crippen LogP contribution >= 0.6 is 0 Å². The number of ether oxygens (including phenoxy) is 1. The van der Waals surface area contributed by atoms with Crippen LogP contribution in [0, 0.1) is 11.8 Å². The molecular weight excluding hydrogens is 192 g/mol. The van der Waals surface area contributed by atoms with E-state index < -0.39 is 0 Å². The highest BCUT2D eigenvalue weighted by atomic mass is 16.5. The Labute approximate surface area is 91.5 Å². The third-order valence-electron chi connectivity index (χ3n) is 3.41. The molecule has 15 heavy (non-hydrogen) atoms. The molecule has 1 aliphatic rings. The maximum atomic E-state index is 11.9. The summed E-state index contributed by atoms with van der Waals surface area (Å²) in [7, 11) is 0. The summed E-state index contributed by atoms with van der Waals surface area (Å²) in [5, 5.41) is 3.04. The molecule has 3 N–H and O–H groups in total. The van der Waals surface area contributed by atoms with Crippen LogP contribution in [-0.2, 0) is 9.53 Å². The first-order valence-corrected chi connectivity index (χ1v) is 5.59. The quantitative estimate of drug-likeness (QED) is 0.717. The van der Waals surface area contributed by atoms with E-state index in [0.29, 0.717) is 25.7 Å². The molecule has 88 valence electrons. The summed E-state index contributed by atoms with van der Waals surface area (Å²) < 4.78 is 5.19. The van der Waals surface area contributed by atoms with Gasteiger partial charge in [-0.3, -0.25) is 4.79 Å². The van der Waals surface area contributed by atoms with Crippen LogP contribution in [0.1, 0.15) is 27.2 Å². The molecule has 0 aliphatic carbocycles. The first-order chi connectivity index (χ1) is 6.99. The van der Waals surface area contributed by atoms with Gasteiger partial charge in [0.05, 0.1) is 18.1 Å². The lowest BCUT2D eigenvalue weighted by Crippen LogP contribution is -2.56. The fraction of sp³-hybridized carbons (Fsp3) is 0.909. The van der Waals surface area contributed by atoms with Gasteiger partial charge in [0.25, 0.3) is 0 Å². The molecule has 0 spiro atoms. The second-order valence-electron chi connectivity index (χ2n) is 4.83. The van der Waals surface area contributed by atoms with Gasteiger partial charge >= 0.3 is 0 Å². The Morgan fingerprint density at radius 3 is 2.73 bits per heavy atom. The molecule has 4 heteroatoms. The van der Waals surface area contributed by atoms with Gasteiger partial charge < -0.3 is 15.8 Å². The van der Waals surface area contributed by atoms with Gasteiger partial charge in [0.15, 0.2) is 0 Å². The molecule has 1 saturated heterocycles. The Morgan fingerprint density at radius 2 is 2.33 bits per heavy atom. The molecule has 1 rings (SSSR count). The largest absolute Gasteiger partial charge is 0.381 e. The van der Waals surface area contributed by atoms with Gasteiger partial charge in [0.2, 0.25) is 5.91 Å². The van der Waals surface area contributed by atoms with Crippen molar-refractivity contribution in [3.63, 3.8) is 0 Å². The lowest BCUT2D eigenvalue weighted by Gasteiger charge is -2.34. The molecule has 1 amide bonds. The summed E-state index contributed by atoms with van der Waals surface area (Å²) in [5.74, 6) is 0.414. The van der Waals surface area contributed by atoms with E-state index >= 15 is 0 Å². The zero-order valence-corrected chi connectivity index (χ0v) is 9.88. The number of nitrogens with two attached hydrogens (primary N) is 1. The maximum Gasteiger partial charge on any atom is 0.226 e. The van der Waals surface area contributed by atoms with E-state index in [1.807, 2.05) is 6.92 Å². The van der Waals surface area contributed by atoms with Crippen LogP contribution in [-0.4, -0.2) is 31.2 Å². The maximum absolute atomic E-state index is 11.9. The van der Waals surface area contributed by atoms with Crippen LogP contribution < -0.4 is 11.1 Å². The first kappa shape index (κ1) is 12.5. The molecule has 0 saturated carbocycles. The third kappa shape index (κ3) is 2.92. The fourth-order valence-electron chi connectivity index (χ4n) is 1.56. The van der Waals surface area contributed by atoms with Gasteiger partial charge in [0, 0.05) is 13.2 Å². The number of carbonyl (C=O) groups excluding carboxylic acids is 1.